The fourth-order valence-electron chi connectivity index (χ4n) is 1.78. The number of aliphatic hydroxyl groups is 1. The molecule has 1 aliphatic carbocycles. The highest BCUT2D eigenvalue weighted by atomic mass is 16.5. The largest absolute Gasteiger partial charge is 0.394 e. The molecule has 4 nitrogen and oxygen atoms in total. The summed E-state index contributed by atoms with van der Waals surface area (Å²) in [5.74, 6) is 0.0454. The van der Waals surface area contributed by atoms with Gasteiger partial charge in [0, 0.05) is 6.61 Å². The lowest BCUT2D eigenvalue weighted by molar-refractivity contribution is -0.130. The van der Waals surface area contributed by atoms with E-state index in [-0.39, 0.29) is 24.0 Å². The van der Waals surface area contributed by atoms with Gasteiger partial charge in [-0.25, -0.2) is 0 Å². The van der Waals surface area contributed by atoms with Gasteiger partial charge < -0.3 is 15.2 Å². The summed E-state index contributed by atoms with van der Waals surface area (Å²) in [4.78, 5) is 11.7. The molecule has 0 aromatic heterocycles. The zero-order valence-electron chi connectivity index (χ0n) is 8.29. The lowest BCUT2D eigenvalue weighted by Gasteiger charge is -2.24. The van der Waals surface area contributed by atoms with Crippen LogP contribution in [-0.4, -0.2) is 36.4 Å². The van der Waals surface area contributed by atoms with Gasteiger partial charge in [0.05, 0.1) is 24.7 Å². The lowest BCUT2D eigenvalue weighted by Crippen LogP contribution is -2.44. The minimum atomic E-state index is -0.283. The van der Waals surface area contributed by atoms with Gasteiger partial charge in [0.1, 0.15) is 0 Å². The van der Waals surface area contributed by atoms with E-state index in [1.807, 2.05) is 0 Å². The van der Waals surface area contributed by atoms with E-state index in [0.717, 1.165) is 32.3 Å². The van der Waals surface area contributed by atoms with E-state index in [1.165, 1.54) is 0 Å². The van der Waals surface area contributed by atoms with Gasteiger partial charge in [-0.1, -0.05) is 0 Å². The van der Waals surface area contributed by atoms with Crippen molar-refractivity contribution in [2.45, 2.75) is 31.2 Å². The van der Waals surface area contributed by atoms with Crippen molar-refractivity contribution in [3.63, 3.8) is 0 Å². The molecule has 14 heavy (non-hydrogen) atoms. The number of rotatable bonds is 3. The van der Waals surface area contributed by atoms with E-state index in [2.05, 4.69) is 5.32 Å². The van der Waals surface area contributed by atoms with Crippen LogP contribution < -0.4 is 5.32 Å². The maximum absolute atomic E-state index is 11.7. The first-order valence-corrected chi connectivity index (χ1v) is 5.26. The molecule has 1 unspecified atom stereocenters. The number of ether oxygens (including phenoxy) is 1. The van der Waals surface area contributed by atoms with Crippen molar-refractivity contribution in [3.8, 4) is 0 Å². The van der Waals surface area contributed by atoms with Crippen molar-refractivity contribution < 1.29 is 14.6 Å². The van der Waals surface area contributed by atoms with Gasteiger partial charge in [-0.2, -0.15) is 0 Å². The average molecular weight is 199 g/mol. The Morgan fingerprint density at radius 3 is 2.86 bits per heavy atom. The molecule has 0 aromatic rings. The number of hydrogen-bond donors (Lipinski definition) is 2. The molecule has 1 amide bonds. The minimum absolute atomic E-state index is 0.00669. The maximum Gasteiger partial charge on any atom is 0.225 e. The fourth-order valence-corrected chi connectivity index (χ4v) is 1.78. The standard InChI is InChI=1S/C10H17NO3/c12-7-10(3-4-10)11-9(13)8-2-1-5-14-6-8/h8,12H,1-7H2,(H,11,13). The van der Waals surface area contributed by atoms with E-state index in [4.69, 9.17) is 9.84 Å². The molecule has 0 bridgehead atoms. The number of carbonyl (C=O) groups excluding carboxylic acids is 1. The van der Waals surface area contributed by atoms with Crippen LogP contribution in [0.3, 0.4) is 0 Å². The van der Waals surface area contributed by atoms with Crippen LogP contribution in [0.2, 0.25) is 0 Å². The lowest BCUT2D eigenvalue weighted by atomic mass is 10.0. The van der Waals surface area contributed by atoms with Crippen molar-refractivity contribution >= 4 is 5.91 Å². The van der Waals surface area contributed by atoms with Gasteiger partial charge >= 0.3 is 0 Å². The first kappa shape index (κ1) is 9.93. The quantitative estimate of drug-likeness (QED) is 0.675. The zero-order chi connectivity index (χ0) is 10.0. The van der Waals surface area contributed by atoms with Crippen molar-refractivity contribution in [1.29, 1.82) is 0 Å². The van der Waals surface area contributed by atoms with Crippen LogP contribution in [-0.2, 0) is 9.53 Å². The van der Waals surface area contributed by atoms with Crippen LogP contribution >= 0.6 is 0 Å². The molecule has 2 aliphatic rings. The highest BCUT2D eigenvalue weighted by Crippen LogP contribution is 2.35. The molecule has 0 spiro atoms. The van der Waals surface area contributed by atoms with E-state index >= 15 is 0 Å². The van der Waals surface area contributed by atoms with Crippen molar-refractivity contribution in [3.05, 3.63) is 0 Å². The second kappa shape index (κ2) is 3.87. The molecule has 2 rings (SSSR count). The molecule has 1 aliphatic heterocycles. The first-order valence-electron chi connectivity index (χ1n) is 5.26. The molecule has 2 fully saturated rings. The first-order chi connectivity index (χ1) is 6.76. The van der Waals surface area contributed by atoms with Crippen LogP contribution in [0.1, 0.15) is 25.7 Å². The monoisotopic (exact) mass is 199 g/mol. The topological polar surface area (TPSA) is 58.6 Å². The number of carbonyl (C=O) groups is 1. The number of aliphatic hydroxyl groups excluding tert-OH is 1. The molecule has 1 atom stereocenters. The molecule has 1 heterocycles. The summed E-state index contributed by atoms with van der Waals surface area (Å²) >= 11 is 0. The normalized spacial score (nSPS) is 29.6. The third kappa shape index (κ3) is 2.07. The van der Waals surface area contributed by atoms with E-state index < -0.39 is 0 Å². The fraction of sp³-hybridized carbons (Fsp3) is 0.900. The highest BCUT2D eigenvalue weighted by molar-refractivity contribution is 5.80. The predicted molar refractivity (Wildman–Crippen MR) is 50.7 cm³/mol. The Balaban J connectivity index is 1.82. The molecule has 80 valence electrons. The molecule has 1 saturated heterocycles. The van der Waals surface area contributed by atoms with Gasteiger partial charge in [-0.15, -0.1) is 0 Å². The SMILES string of the molecule is O=C(NC1(CO)CC1)C1CCCOC1. The third-order valence-electron chi connectivity index (χ3n) is 3.08. The number of hydrogen-bond acceptors (Lipinski definition) is 3. The average Bonchev–Trinajstić information content (AvgIpc) is 3.00. The molecule has 2 N–H and O–H groups in total. The van der Waals surface area contributed by atoms with Gasteiger partial charge in [0.15, 0.2) is 0 Å². The third-order valence-corrected chi connectivity index (χ3v) is 3.08. The van der Waals surface area contributed by atoms with Gasteiger partial charge in [0.25, 0.3) is 0 Å². The molecule has 0 radical (unpaired) electrons. The van der Waals surface area contributed by atoms with Crippen LogP contribution in [0, 0.1) is 5.92 Å². The summed E-state index contributed by atoms with van der Waals surface area (Å²) in [6.07, 6.45) is 3.68. The molecular formula is C10H17NO3. The Morgan fingerprint density at radius 1 is 1.57 bits per heavy atom. The Bertz CT molecular complexity index is 219. The predicted octanol–water partition coefficient (Wildman–Crippen LogP) is 0.0541. The highest BCUT2D eigenvalue weighted by Gasteiger charge is 2.44. The summed E-state index contributed by atoms with van der Waals surface area (Å²) in [6.45, 7) is 1.37. The van der Waals surface area contributed by atoms with Crippen molar-refractivity contribution in [2.75, 3.05) is 19.8 Å². The smallest absolute Gasteiger partial charge is 0.225 e. The molecular weight excluding hydrogens is 182 g/mol. The van der Waals surface area contributed by atoms with Crippen molar-refractivity contribution in [2.24, 2.45) is 5.92 Å². The number of nitrogens with one attached hydrogen (secondary N) is 1. The van der Waals surface area contributed by atoms with Gasteiger partial charge in [-0.3, -0.25) is 4.79 Å². The van der Waals surface area contributed by atoms with Crippen LogP contribution in [0.25, 0.3) is 0 Å². The van der Waals surface area contributed by atoms with Crippen LogP contribution in [0.5, 0.6) is 0 Å². The number of amides is 1. The van der Waals surface area contributed by atoms with Crippen LogP contribution in [0.4, 0.5) is 0 Å². The Labute approximate surface area is 83.6 Å². The van der Waals surface area contributed by atoms with Crippen LogP contribution in [0.15, 0.2) is 0 Å². The summed E-state index contributed by atoms with van der Waals surface area (Å²) in [5, 5.41) is 12.0. The summed E-state index contributed by atoms with van der Waals surface area (Å²) in [7, 11) is 0. The van der Waals surface area contributed by atoms with Gasteiger partial charge in [0.2, 0.25) is 5.91 Å². The Morgan fingerprint density at radius 2 is 2.36 bits per heavy atom. The summed E-state index contributed by atoms with van der Waals surface area (Å²) in [6, 6.07) is 0. The van der Waals surface area contributed by atoms with E-state index in [9.17, 15) is 4.79 Å². The zero-order valence-corrected chi connectivity index (χ0v) is 8.29. The molecule has 4 heteroatoms. The maximum atomic E-state index is 11.7. The Hall–Kier alpha value is -0.610. The van der Waals surface area contributed by atoms with E-state index in [0.29, 0.717) is 6.61 Å². The van der Waals surface area contributed by atoms with Crippen molar-refractivity contribution in [1.82, 2.24) is 5.32 Å². The molecule has 0 aromatic carbocycles. The Kier molecular flexibility index (Phi) is 2.74. The van der Waals surface area contributed by atoms with E-state index in [1.54, 1.807) is 0 Å². The second-order valence-electron chi connectivity index (χ2n) is 4.34. The van der Waals surface area contributed by atoms with Gasteiger partial charge in [-0.05, 0) is 25.7 Å². The minimum Gasteiger partial charge on any atom is -0.394 e. The summed E-state index contributed by atoms with van der Waals surface area (Å²) < 4.78 is 5.25. The second-order valence-corrected chi connectivity index (χ2v) is 4.34. The summed E-state index contributed by atoms with van der Waals surface area (Å²) in [5.41, 5.74) is -0.283. The molecule has 1 saturated carbocycles.